The van der Waals surface area contributed by atoms with Crippen LogP contribution in [-0.4, -0.2) is 43.2 Å². The van der Waals surface area contributed by atoms with Gasteiger partial charge in [-0.2, -0.15) is 5.10 Å². The van der Waals surface area contributed by atoms with Crippen LogP contribution in [0.25, 0.3) is 0 Å². The van der Waals surface area contributed by atoms with E-state index >= 15 is 0 Å². The molecule has 0 bridgehead atoms. The van der Waals surface area contributed by atoms with Crippen molar-refractivity contribution in [2.45, 2.75) is 33.2 Å². The predicted octanol–water partition coefficient (Wildman–Crippen LogP) is 3.77. The summed E-state index contributed by atoms with van der Waals surface area (Å²) in [5, 5.41) is 9.75. The minimum Gasteiger partial charge on any atom is -0.490 e. The number of benzene rings is 2. The first-order valence-corrected chi connectivity index (χ1v) is 11.3. The largest absolute Gasteiger partial charge is 0.490 e. The fourth-order valence-electron chi connectivity index (χ4n) is 2.52. The molecule has 0 aliphatic rings. The average Bonchev–Trinajstić information content (AvgIpc) is 2.80. The van der Waals surface area contributed by atoms with Gasteiger partial charge >= 0.3 is 11.8 Å². The highest BCUT2D eigenvalue weighted by Crippen LogP contribution is 2.29. The number of ether oxygens (including phenoxy) is 2. The Bertz CT molecular complexity index is 1060. The molecule has 2 aromatic rings. The highest BCUT2D eigenvalue weighted by Gasteiger charge is 2.14. The molecule has 2 aromatic carbocycles. The van der Waals surface area contributed by atoms with Gasteiger partial charge < -0.3 is 20.1 Å². The molecular weight excluding hydrogens is 483 g/mol. The molecule has 2 rings (SSSR count). The van der Waals surface area contributed by atoms with E-state index < -0.39 is 17.7 Å². The number of nitrogens with one attached hydrogen (secondary N) is 3. The Kier molecular flexibility index (Phi) is 10.6. The number of carbonyl (C=O) groups is 3. The maximum atomic E-state index is 12.2. The lowest BCUT2D eigenvalue weighted by Crippen LogP contribution is -2.41. The highest BCUT2D eigenvalue weighted by atomic mass is 35.5. The molecule has 0 radical (unpaired) electrons. The summed E-state index contributed by atoms with van der Waals surface area (Å²) in [6.07, 6.45) is 2.06. The predicted molar refractivity (Wildman–Crippen MR) is 132 cm³/mol. The number of hydrogen-bond acceptors (Lipinski definition) is 6. The van der Waals surface area contributed by atoms with E-state index in [2.05, 4.69) is 21.2 Å². The van der Waals surface area contributed by atoms with Gasteiger partial charge in [-0.3, -0.25) is 14.4 Å². The summed E-state index contributed by atoms with van der Waals surface area (Å²) in [5.41, 5.74) is 3.16. The van der Waals surface area contributed by atoms with Crippen molar-refractivity contribution < 1.29 is 23.9 Å². The summed E-state index contributed by atoms with van der Waals surface area (Å²) in [7, 11) is 0. The fourth-order valence-corrected chi connectivity index (χ4v) is 2.98. The monoisotopic (exact) mass is 508 g/mol. The Hall–Kier alpha value is -3.30. The van der Waals surface area contributed by atoms with Crippen LogP contribution < -0.4 is 25.5 Å². The first kappa shape index (κ1) is 26.9. The van der Waals surface area contributed by atoms with Crippen molar-refractivity contribution in [1.82, 2.24) is 10.7 Å². The molecule has 0 heterocycles. The van der Waals surface area contributed by atoms with Gasteiger partial charge in [-0.15, -0.1) is 0 Å². The van der Waals surface area contributed by atoms with Gasteiger partial charge in [0.05, 0.1) is 23.5 Å². The van der Waals surface area contributed by atoms with E-state index in [1.54, 1.807) is 44.2 Å². The second-order valence-corrected chi connectivity index (χ2v) is 7.93. The van der Waals surface area contributed by atoms with Crippen molar-refractivity contribution in [3.05, 3.63) is 52.0 Å². The molecule has 0 spiro atoms. The number of anilines is 1. The number of carbonyl (C=O) groups excluding carboxylic acids is 3. The van der Waals surface area contributed by atoms with Crippen molar-refractivity contribution >= 4 is 52.8 Å². The lowest BCUT2D eigenvalue weighted by atomic mass is 10.2. The van der Waals surface area contributed by atoms with Gasteiger partial charge in [0.1, 0.15) is 0 Å². The number of rotatable bonds is 10. The van der Waals surface area contributed by atoms with E-state index in [0.717, 1.165) is 0 Å². The summed E-state index contributed by atoms with van der Waals surface area (Å²) < 4.78 is 11.2. The van der Waals surface area contributed by atoms with E-state index in [0.29, 0.717) is 45.8 Å². The van der Waals surface area contributed by atoms with E-state index in [1.807, 2.05) is 6.92 Å². The lowest BCUT2D eigenvalue weighted by Gasteiger charge is -2.13. The van der Waals surface area contributed by atoms with E-state index in [-0.39, 0.29) is 12.6 Å². The molecule has 3 amide bonds. The molecule has 11 heteroatoms. The van der Waals surface area contributed by atoms with Crippen molar-refractivity contribution in [3.8, 4) is 11.5 Å². The number of hydrogen-bond donors (Lipinski definition) is 3. The van der Waals surface area contributed by atoms with E-state index in [9.17, 15) is 14.4 Å². The summed E-state index contributed by atoms with van der Waals surface area (Å²) in [5.74, 6) is -1.33. The van der Waals surface area contributed by atoms with Crippen LogP contribution in [0, 0.1) is 0 Å². The molecule has 1 atom stereocenters. The Labute approximate surface area is 207 Å². The van der Waals surface area contributed by atoms with Crippen LogP contribution >= 0.6 is 23.2 Å². The minimum atomic E-state index is -0.867. The molecule has 3 N–H and O–H groups in total. The van der Waals surface area contributed by atoms with Crippen LogP contribution in [0.15, 0.2) is 41.5 Å². The maximum absolute atomic E-state index is 12.2. The first-order valence-electron chi connectivity index (χ1n) is 10.5. The highest BCUT2D eigenvalue weighted by molar-refractivity contribution is 6.36. The Morgan fingerprint density at radius 2 is 1.79 bits per heavy atom. The van der Waals surface area contributed by atoms with Crippen LogP contribution in [0.2, 0.25) is 10.0 Å². The van der Waals surface area contributed by atoms with Crippen LogP contribution in [0.3, 0.4) is 0 Å². The fraction of sp³-hybridized carbons (Fsp3) is 0.304. The molecule has 182 valence electrons. The van der Waals surface area contributed by atoms with Gasteiger partial charge in [0, 0.05) is 11.1 Å². The third kappa shape index (κ3) is 8.57. The Morgan fingerprint density at radius 1 is 1.03 bits per heavy atom. The molecule has 0 unspecified atom stereocenters. The maximum Gasteiger partial charge on any atom is 0.329 e. The van der Waals surface area contributed by atoms with Crippen LogP contribution in [0.1, 0.15) is 32.8 Å². The van der Waals surface area contributed by atoms with Gasteiger partial charge in [-0.25, -0.2) is 5.43 Å². The van der Waals surface area contributed by atoms with Gasteiger partial charge in [0.2, 0.25) is 0 Å². The molecule has 34 heavy (non-hydrogen) atoms. The van der Waals surface area contributed by atoms with Crippen molar-refractivity contribution in [3.63, 3.8) is 0 Å². The van der Waals surface area contributed by atoms with Gasteiger partial charge in [0.15, 0.2) is 18.1 Å². The molecule has 9 nitrogen and oxygen atoms in total. The zero-order valence-electron chi connectivity index (χ0n) is 19.0. The molecule has 0 saturated carbocycles. The smallest absolute Gasteiger partial charge is 0.329 e. The van der Waals surface area contributed by atoms with Crippen LogP contribution in [0.5, 0.6) is 11.5 Å². The van der Waals surface area contributed by atoms with Gasteiger partial charge in [0.25, 0.3) is 5.91 Å². The molecule has 0 aliphatic heterocycles. The van der Waals surface area contributed by atoms with Crippen molar-refractivity contribution in [1.29, 1.82) is 0 Å². The normalized spacial score (nSPS) is 11.6. The molecular formula is C23H26Cl2N4O5. The van der Waals surface area contributed by atoms with Gasteiger partial charge in [-0.05, 0) is 62.2 Å². The lowest BCUT2D eigenvalue weighted by molar-refractivity contribution is -0.139. The zero-order chi connectivity index (χ0) is 25.1. The molecule has 0 fully saturated rings. The van der Waals surface area contributed by atoms with Crippen molar-refractivity contribution in [2.75, 3.05) is 18.5 Å². The Balaban J connectivity index is 1.97. The number of halogens is 2. The molecule has 0 aliphatic carbocycles. The van der Waals surface area contributed by atoms with Crippen LogP contribution in [0.4, 0.5) is 5.69 Å². The number of amides is 3. The Morgan fingerprint density at radius 3 is 2.47 bits per heavy atom. The standard InChI is InChI=1S/C23H26Cl2N4O5/c1-4-14(3)27-22(31)23(32)29-26-12-15-6-9-19(20(10-15)33-5-2)34-13-21(30)28-18-8-7-16(24)11-17(18)25/h6-12,14H,4-5,13H2,1-3H3,(H,27,31)(H,28,30)(H,29,32)/b26-12-/t14-/m0/s1. The van der Waals surface area contributed by atoms with Crippen molar-refractivity contribution in [2.24, 2.45) is 5.10 Å². The molecule has 0 saturated heterocycles. The summed E-state index contributed by atoms with van der Waals surface area (Å²) in [4.78, 5) is 35.8. The number of hydrazone groups is 1. The van der Waals surface area contributed by atoms with E-state index in [1.165, 1.54) is 12.3 Å². The SMILES string of the molecule is CCOc1cc(/C=N\NC(=O)C(=O)N[C@@H](C)CC)ccc1OCC(=O)Nc1ccc(Cl)cc1Cl. The summed E-state index contributed by atoms with van der Waals surface area (Å²) >= 11 is 11.9. The summed E-state index contributed by atoms with van der Waals surface area (Å²) in [6, 6.07) is 9.49. The minimum absolute atomic E-state index is 0.117. The van der Waals surface area contributed by atoms with Gasteiger partial charge in [-0.1, -0.05) is 30.1 Å². The first-order chi connectivity index (χ1) is 16.2. The third-order valence-corrected chi connectivity index (χ3v) is 4.96. The average molecular weight is 509 g/mol. The zero-order valence-corrected chi connectivity index (χ0v) is 20.5. The second-order valence-electron chi connectivity index (χ2n) is 7.08. The quantitative estimate of drug-likeness (QED) is 0.256. The topological polar surface area (TPSA) is 118 Å². The van der Waals surface area contributed by atoms with Crippen LogP contribution in [-0.2, 0) is 14.4 Å². The second kappa shape index (κ2) is 13.4. The third-order valence-electron chi connectivity index (χ3n) is 4.41. The summed E-state index contributed by atoms with van der Waals surface area (Å²) in [6.45, 7) is 5.57. The van der Waals surface area contributed by atoms with E-state index in [4.69, 9.17) is 32.7 Å². The molecule has 0 aromatic heterocycles. The number of nitrogens with zero attached hydrogens (tertiary/aromatic N) is 1.